The highest BCUT2D eigenvalue weighted by molar-refractivity contribution is 7.80. The zero-order valence-corrected chi connectivity index (χ0v) is 26.0. The Balaban J connectivity index is 1.42. The summed E-state index contributed by atoms with van der Waals surface area (Å²) in [7, 11) is 1.31. The van der Waals surface area contributed by atoms with Gasteiger partial charge in [-0.05, 0) is 31.3 Å². The number of piperazine rings is 1. The van der Waals surface area contributed by atoms with Gasteiger partial charge in [-0.2, -0.15) is 0 Å². The van der Waals surface area contributed by atoms with Crippen LogP contribution in [-0.2, 0) is 19.1 Å². The average molecular weight is 633 g/mol. The van der Waals surface area contributed by atoms with Gasteiger partial charge in [-0.1, -0.05) is 31.5 Å². The number of ether oxygens (including phenoxy) is 2. The van der Waals surface area contributed by atoms with E-state index >= 15 is 0 Å². The van der Waals surface area contributed by atoms with E-state index in [9.17, 15) is 14.0 Å². The quantitative estimate of drug-likeness (QED) is 0.237. The van der Waals surface area contributed by atoms with E-state index in [1.807, 2.05) is 13.8 Å². The molecule has 3 aliphatic heterocycles. The van der Waals surface area contributed by atoms with Crippen molar-refractivity contribution in [2.45, 2.75) is 32.9 Å². The average Bonchev–Trinajstić information content (AvgIpc) is 3.53. The zero-order chi connectivity index (χ0) is 30.9. The molecule has 43 heavy (non-hydrogen) atoms. The summed E-state index contributed by atoms with van der Waals surface area (Å²) in [5, 5.41) is 4.25. The van der Waals surface area contributed by atoms with Crippen LogP contribution in [0.25, 0.3) is 0 Å². The summed E-state index contributed by atoms with van der Waals surface area (Å²) in [5.41, 5.74) is 1.56. The first-order chi connectivity index (χ1) is 20.5. The van der Waals surface area contributed by atoms with E-state index in [1.54, 1.807) is 6.92 Å². The van der Waals surface area contributed by atoms with Crippen LogP contribution in [0.15, 0.2) is 45.3 Å². The molecule has 1 N–H and O–H groups in total. The molecule has 0 amide bonds. The van der Waals surface area contributed by atoms with Crippen molar-refractivity contribution >= 4 is 47.2 Å². The first-order valence-electron chi connectivity index (χ1n) is 13.9. The molecule has 2 unspecified atom stereocenters. The Bertz CT molecular complexity index is 1480. The number of amidine groups is 1. The molecule has 5 rings (SSSR count). The van der Waals surface area contributed by atoms with Gasteiger partial charge in [0.25, 0.3) is 6.47 Å². The van der Waals surface area contributed by atoms with Crippen LogP contribution in [0.1, 0.15) is 36.9 Å². The maximum absolute atomic E-state index is 14.0. The highest BCUT2D eigenvalue weighted by atomic mass is 35.5. The largest absolute Gasteiger partial charge is 0.467 e. The molecule has 0 bridgehead atoms. The lowest BCUT2D eigenvalue weighted by Crippen LogP contribution is -2.53. The molecule has 2 atom stereocenters. The summed E-state index contributed by atoms with van der Waals surface area (Å²) in [5.74, 6) is -0.111. The Kier molecular flexibility index (Phi) is 9.04. The summed E-state index contributed by atoms with van der Waals surface area (Å²) >= 11 is 12.3. The Morgan fingerprint density at radius 2 is 2.12 bits per heavy atom. The Morgan fingerprint density at radius 1 is 1.33 bits per heavy atom. The molecule has 3 aliphatic rings. The minimum absolute atomic E-state index is 0.141. The number of esters is 1. The van der Waals surface area contributed by atoms with E-state index in [1.165, 1.54) is 31.7 Å². The highest BCUT2D eigenvalue weighted by Gasteiger charge is 2.41. The molecule has 230 valence electrons. The van der Waals surface area contributed by atoms with Crippen molar-refractivity contribution in [3.63, 3.8) is 0 Å². The number of carbonyl (C=O) groups excluding carboxylic acids is 2. The van der Waals surface area contributed by atoms with Crippen molar-refractivity contribution in [3.8, 4) is 0 Å². The summed E-state index contributed by atoms with van der Waals surface area (Å²) in [6.07, 6.45) is 1.33. The molecular weight excluding hydrogens is 599 g/mol. The minimum atomic E-state index is -0.866. The number of benzene rings is 1. The highest BCUT2D eigenvalue weighted by Crippen LogP contribution is 2.37. The fourth-order valence-electron chi connectivity index (χ4n) is 5.84. The number of hydrogen-bond acceptors (Lipinski definition) is 10. The van der Waals surface area contributed by atoms with Gasteiger partial charge in [0, 0.05) is 61.0 Å². The number of methoxy groups -OCH3 is 1. The maximum atomic E-state index is 14.0. The second kappa shape index (κ2) is 12.6. The van der Waals surface area contributed by atoms with Crippen LogP contribution in [0, 0.1) is 18.2 Å². The van der Waals surface area contributed by atoms with E-state index in [-0.39, 0.29) is 22.1 Å². The van der Waals surface area contributed by atoms with Gasteiger partial charge < -0.3 is 29.0 Å². The number of oxazole rings is 1. The van der Waals surface area contributed by atoms with Crippen LogP contribution in [0.3, 0.4) is 0 Å². The monoisotopic (exact) mass is 632 g/mol. The number of nitrogens with one attached hydrogen (secondary N) is 1. The number of thiocarbonyl (C=S) groups is 1. The van der Waals surface area contributed by atoms with Crippen LogP contribution < -0.4 is 5.32 Å². The number of rotatable bonds is 10. The molecule has 1 aromatic heterocycles. The maximum Gasteiger partial charge on any atom is 0.338 e. The molecule has 0 spiro atoms. The number of halogens is 2. The number of fused-ring (bicyclic) bond motifs is 1. The molecule has 2 aromatic rings. The third-order valence-corrected chi connectivity index (χ3v) is 8.63. The fourth-order valence-corrected chi connectivity index (χ4v) is 6.49. The smallest absolute Gasteiger partial charge is 0.338 e. The van der Waals surface area contributed by atoms with Gasteiger partial charge in [0.05, 0.1) is 25.3 Å². The molecule has 2 saturated heterocycles. The van der Waals surface area contributed by atoms with Gasteiger partial charge in [0.15, 0.2) is 17.3 Å². The molecular formula is C29H34ClFN6O5S. The zero-order valence-electron chi connectivity index (χ0n) is 24.4. The van der Waals surface area contributed by atoms with Gasteiger partial charge >= 0.3 is 5.97 Å². The molecule has 1 aromatic carbocycles. The van der Waals surface area contributed by atoms with Gasteiger partial charge in [-0.25, -0.2) is 14.2 Å². The number of aromatic nitrogens is 1. The Morgan fingerprint density at radius 3 is 2.79 bits per heavy atom. The standard InChI is InChI=1S/C29H34ClFN6O5S/c1-17-24(32-15-42-17)26-33-22(23(27(39)40-4)25(34-26)20-6-5-18(31)9-21(20)30)12-35-7-8-37-19(10-35)11-36(28(37)43)13-29(2,3)14-41-16-38/h5-6,9,15-16,19,25H,7-8,10-14H2,1-4H3,(H,33,34). The van der Waals surface area contributed by atoms with Gasteiger partial charge in [-0.15, -0.1) is 0 Å². The summed E-state index contributed by atoms with van der Waals surface area (Å²) < 4.78 is 29.6. The van der Waals surface area contributed by atoms with Crippen LogP contribution >= 0.6 is 23.8 Å². The van der Waals surface area contributed by atoms with Gasteiger partial charge in [-0.3, -0.25) is 14.7 Å². The number of nitrogens with zero attached hydrogens (tertiary/aromatic N) is 5. The number of hydrogen-bond donors (Lipinski definition) is 1. The molecule has 0 radical (unpaired) electrons. The van der Waals surface area contributed by atoms with Crippen molar-refractivity contribution in [1.82, 2.24) is 25.0 Å². The lowest BCUT2D eigenvalue weighted by Gasteiger charge is -2.38. The second-order valence-corrected chi connectivity index (χ2v) is 12.4. The lowest BCUT2D eigenvalue weighted by molar-refractivity contribution is -0.136. The Hall–Kier alpha value is -3.55. The fraction of sp³-hybridized carbons (Fsp3) is 0.483. The van der Waals surface area contributed by atoms with Crippen molar-refractivity contribution in [3.05, 3.63) is 63.7 Å². The second-order valence-electron chi connectivity index (χ2n) is 11.6. The van der Waals surface area contributed by atoms with Crippen molar-refractivity contribution in [1.29, 1.82) is 0 Å². The third kappa shape index (κ3) is 6.53. The molecule has 0 aliphatic carbocycles. The van der Waals surface area contributed by atoms with Crippen LogP contribution in [0.5, 0.6) is 0 Å². The van der Waals surface area contributed by atoms with E-state index in [2.05, 4.69) is 25.0 Å². The van der Waals surface area contributed by atoms with Crippen LogP contribution in [0.4, 0.5) is 4.39 Å². The van der Waals surface area contributed by atoms with Gasteiger partial charge in [0.1, 0.15) is 23.3 Å². The lowest BCUT2D eigenvalue weighted by atomic mass is 9.94. The molecule has 0 saturated carbocycles. The molecule has 14 heteroatoms. The molecule has 11 nitrogen and oxygen atoms in total. The Labute approximate surface area is 259 Å². The predicted octanol–water partition coefficient (Wildman–Crippen LogP) is 3.08. The third-order valence-electron chi connectivity index (χ3n) is 7.81. The predicted molar refractivity (Wildman–Crippen MR) is 161 cm³/mol. The molecule has 2 fully saturated rings. The topological polar surface area (TPSA) is 113 Å². The van der Waals surface area contributed by atoms with Crippen LogP contribution in [-0.4, -0.2) is 102 Å². The van der Waals surface area contributed by atoms with Crippen molar-refractivity contribution in [2.75, 3.05) is 53.0 Å². The summed E-state index contributed by atoms with van der Waals surface area (Å²) in [4.78, 5) is 39.8. The summed E-state index contributed by atoms with van der Waals surface area (Å²) in [6, 6.07) is 3.29. The van der Waals surface area contributed by atoms with Crippen LogP contribution in [0.2, 0.25) is 5.02 Å². The van der Waals surface area contributed by atoms with Gasteiger partial charge in [0.2, 0.25) is 0 Å². The number of carbonyl (C=O) groups is 2. The first kappa shape index (κ1) is 30.9. The molecule has 4 heterocycles. The minimum Gasteiger partial charge on any atom is -0.467 e. The van der Waals surface area contributed by atoms with E-state index < -0.39 is 17.8 Å². The van der Waals surface area contributed by atoms with E-state index in [0.717, 1.165) is 11.7 Å². The number of aryl methyl sites for hydroxylation is 1. The van der Waals surface area contributed by atoms with Crippen molar-refractivity contribution < 1.29 is 27.9 Å². The first-order valence-corrected chi connectivity index (χ1v) is 14.6. The number of aliphatic imine (C=N–C) groups is 1. The van der Waals surface area contributed by atoms with Crippen molar-refractivity contribution in [2.24, 2.45) is 10.4 Å². The summed E-state index contributed by atoms with van der Waals surface area (Å²) in [6.45, 7) is 10.5. The normalized spacial score (nSPS) is 21.0. The SMILES string of the molecule is COC(=O)C1=C(CN2CCN3C(=S)N(CC(C)(C)COC=O)CC3C2)NC(c2ncoc2C)=NC1c1ccc(F)cc1Cl. The van der Waals surface area contributed by atoms with E-state index in [0.29, 0.717) is 74.4 Å². The van der Waals surface area contributed by atoms with E-state index in [4.69, 9.17) is 42.7 Å².